The standard InChI is InChI=1S/C13H14N2O2S/c1-3-4-8-15-9-7-10(14-15)11-5-6-12(18-11)13(16)17-2/h3-7,9H,8H2,1-2H3. The maximum absolute atomic E-state index is 11.4. The Bertz CT molecular complexity index is 569. The van der Waals surface area contributed by atoms with Crippen LogP contribution in [-0.4, -0.2) is 22.9 Å². The first kappa shape index (κ1) is 12.6. The van der Waals surface area contributed by atoms with Crippen LogP contribution in [0.2, 0.25) is 0 Å². The van der Waals surface area contributed by atoms with Crippen LogP contribution in [0.1, 0.15) is 16.6 Å². The average molecular weight is 262 g/mol. The van der Waals surface area contributed by atoms with Gasteiger partial charge in [0.2, 0.25) is 0 Å². The molecule has 0 saturated heterocycles. The number of aromatic nitrogens is 2. The van der Waals surface area contributed by atoms with Crippen molar-refractivity contribution in [2.75, 3.05) is 7.11 Å². The highest BCUT2D eigenvalue weighted by atomic mass is 32.1. The summed E-state index contributed by atoms with van der Waals surface area (Å²) in [7, 11) is 1.38. The third-order valence-electron chi connectivity index (χ3n) is 2.41. The molecule has 0 unspecified atom stereocenters. The fourth-order valence-corrected chi connectivity index (χ4v) is 2.38. The Labute approximate surface area is 110 Å². The summed E-state index contributed by atoms with van der Waals surface area (Å²) in [5, 5.41) is 4.44. The van der Waals surface area contributed by atoms with E-state index in [1.54, 1.807) is 6.07 Å². The summed E-state index contributed by atoms with van der Waals surface area (Å²) in [6.07, 6.45) is 5.94. The van der Waals surface area contributed by atoms with E-state index in [0.29, 0.717) is 4.88 Å². The van der Waals surface area contributed by atoms with Crippen molar-refractivity contribution in [1.82, 2.24) is 9.78 Å². The average Bonchev–Trinajstić information content (AvgIpc) is 3.03. The quantitative estimate of drug-likeness (QED) is 0.628. The maximum Gasteiger partial charge on any atom is 0.348 e. The van der Waals surface area contributed by atoms with Gasteiger partial charge in [-0.05, 0) is 25.1 Å². The fourth-order valence-electron chi connectivity index (χ4n) is 1.49. The number of carbonyl (C=O) groups is 1. The second-order valence-corrected chi connectivity index (χ2v) is 4.73. The van der Waals surface area contributed by atoms with E-state index in [4.69, 9.17) is 0 Å². The molecule has 0 spiro atoms. The second-order valence-electron chi connectivity index (χ2n) is 3.65. The largest absolute Gasteiger partial charge is 0.465 e. The topological polar surface area (TPSA) is 44.1 Å². The van der Waals surface area contributed by atoms with Gasteiger partial charge in [-0.25, -0.2) is 4.79 Å². The number of ether oxygens (including phenoxy) is 1. The maximum atomic E-state index is 11.4. The van der Waals surface area contributed by atoms with Crippen molar-refractivity contribution < 1.29 is 9.53 Å². The first-order valence-corrected chi connectivity index (χ1v) is 6.39. The Kier molecular flexibility index (Phi) is 3.94. The Morgan fingerprint density at radius 3 is 3.06 bits per heavy atom. The summed E-state index contributed by atoms with van der Waals surface area (Å²) in [4.78, 5) is 12.9. The van der Waals surface area contributed by atoms with Gasteiger partial charge in [0.05, 0.1) is 18.5 Å². The van der Waals surface area contributed by atoms with Gasteiger partial charge in [-0.3, -0.25) is 4.68 Å². The summed E-state index contributed by atoms with van der Waals surface area (Å²) in [6.45, 7) is 2.73. The molecule has 0 bridgehead atoms. The van der Waals surface area contributed by atoms with Gasteiger partial charge in [-0.1, -0.05) is 12.2 Å². The van der Waals surface area contributed by atoms with Gasteiger partial charge in [0, 0.05) is 6.20 Å². The Hall–Kier alpha value is -1.88. The van der Waals surface area contributed by atoms with Gasteiger partial charge in [-0.2, -0.15) is 5.10 Å². The van der Waals surface area contributed by atoms with Gasteiger partial charge in [-0.15, -0.1) is 11.3 Å². The molecule has 18 heavy (non-hydrogen) atoms. The Balaban J connectivity index is 2.18. The monoisotopic (exact) mass is 262 g/mol. The van der Waals surface area contributed by atoms with E-state index in [2.05, 4.69) is 9.84 Å². The SMILES string of the molecule is CC=CCn1ccc(-c2ccc(C(=O)OC)s2)n1. The zero-order chi connectivity index (χ0) is 13.0. The van der Waals surface area contributed by atoms with Gasteiger partial charge in [0.1, 0.15) is 10.6 Å². The molecule has 2 aromatic heterocycles. The molecular weight excluding hydrogens is 248 g/mol. The summed E-state index contributed by atoms with van der Waals surface area (Å²) in [5.74, 6) is -0.306. The van der Waals surface area contributed by atoms with E-state index in [9.17, 15) is 4.79 Å². The molecular formula is C13H14N2O2S. The van der Waals surface area contributed by atoms with Crippen molar-refractivity contribution in [3.8, 4) is 10.6 Å². The lowest BCUT2D eigenvalue weighted by Crippen LogP contribution is -1.96. The number of allylic oxidation sites excluding steroid dienone is 2. The summed E-state index contributed by atoms with van der Waals surface area (Å²) in [6, 6.07) is 5.59. The van der Waals surface area contributed by atoms with Gasteiger partial charge in [0.15, 0.2) is 0 Å². The van der Waals surface area contributed by atoms with Crippen molar-refractivity contribution in [2.24, 2.45) is 0 Å². The van der Waals surface area contributed by atoms with E-state index in [1.165, 1.54) is 18.4 Å². The van der Waals surface area contributed by atoms with Gasteiger partial charge >= 0.3 is 5.97 Å². The molecule has 2 aromatic rings. The van der Waals surface area contributed by atoms with Crippen LogP contribution < -0.4 is 0 Å². The summed E-state index contributed by atoms with van der Waals surface area (Å²) < 4.78 is 6.53. The van der Waals surface area contributed by atoms with Gasteiger partial charge in [0.25, 0.3) is 0 Å². The van der Waals surface area contributed by atoms with Gasteiger partial charge < -0.3 is 4.74 Å². The van der Waals surface area contributed by atoms with Crippen molar-refractivity contribution in [1.29, 1.82) is 0 Å². The lowest BCUT2D eigenvalue weighted by atomic mass is 10.3. The number of hydrogen-bond donors (Lipinski definition) is 0. The molecule has 0 aromatic carbocycles. The van der Waals surface area contributed by atoms with Crippen molar-refractivity contribution in [3.63, 3.8) is 0 Å². The highest BCUT2D eigenvalue weighted by Gasteiger charge is 2.11. The highest BCUT2D eigenvalue weighted by molar-refractivity contribution is 7.17. The second kappa shape index (κ2) is 5.64. The van der Waals surface area contributed by atoms with Crippen LogP contribution in [0.15, 0.2) is 36.5 Å². The number of thiophene rings is 1. The minimum atomic E-state index is -0.306. The fraction of sp³-hybridized carbons (Fsp3) is 0.231. The van der Waals surface area contributed by atoms with Crippen LogP contribution in [0.4, 0.5) is 0 Å². The highest BCUT2D eigenvalue weighted by Crippen LogP contribution is 2.27. The first-order valence-electron chi connectivity index (χ1n) is 5.57. The molecule has 5 heteroatoms. The van der Waals surface area contributed by atoms with E-state index in [1.807, 2.05) is 42.1 Å². The van der Waals surface area contributed by atoms with E-state index in [0.717, 1.165) is 17.1 Å². The molecule has 0 aliphatic carbocycles. The number of methoxy groups -OCH3 is 1. The predicted octanol–water partition coefficient (Wildman–Crippen LogP) is 2.97. The molecule has 0 atom stereocenters. The lowest BCUT2D eigenvalue weighted by Gasteiger charge is -1.94. The van der Waals surface area contributed by atoms with E-state index >= 15 is 0 Å². The number of nitrogens with zero attached hydrogens (tertiary/aromatic N) is 2. The van der Waals surface area contributed by atoms with Crippen molar-refractivity contribution in [3.05, 3.63) is 41.4 Å². The van der Waals surface area contributed by atoms with Crippen LogP contribution in [0, 0.1) is 0 Å². The van der Waals surface area contributed by atoms with Crippen molar-refractivity contribution in [2.45, 2.75) is 13.5 Å². The first-order chi connectivity index (χ1) is 8.74. The van der Waals surface area contributed by atoms with E-state index < -0.39 is 0 Å². The summed E-state index contributed by atoms with van der Waals surface area (Å²) in [5.41, 5.74) is 0.875. The van der Waals surface area contributed by atoms with E-state index in [-0.39, 0.29) is 5.97 Å². The van der Waals surface area contributed by atoms with Crippen molar-refractivity contribution >= 4 is 17.3 Å². The molecule has 0 radical (unpaired) electrons. The molecule has 94 valence electrons. The summed E-state index contributed by atoms with van der Waals surface area (Å²) >= 11 is 1.39. The Morgan fingerprint density at radius 2 is 2.33 bits per heavy atom. The smallest absolute Gasteiger partial charge is 0.348 e. The third-order valence-corrected chi connectivity index (χ3v) is 3.50. The minimum Gasteiger partial charge on any atom is -0.465 e. The molecule has 0 saturated carbocycles. The number of carbonyl (C=O) groups excluding carboxylic acids is 1. The molecule has 0 aliphatic heterocycles. The molecule has 0 aliphatic rings. The predicted molar refractivity (Wildman–Crippen MR) is 71.7 cm³/mol. The zero-order valence-electron chi connectivity index (χ0n) is 10.3. The molecule has 2 heterocycles. The minimum absolute atomic E-state index is 0.306. The van der Waals surface area contributed by atoms with Crippen LogP contribution in [0.5, 0.6) is 0 Å². The van der Waals surface area contributed by atoms with Crippen LogP contribution in [0.3, 0.4) is 0 Å². The van der Waals surface area contributed by atoms with Crippen LogP contribution >= 0.6 is 11.3 Å². The van der Waals surface area contributed by atoms with Crippen LogP contribution in [-0.2, 0) is 11.3 Å². The number of rotatable bonds is 4. The molecule has 0 N–H and O–H groups in total. The molecule has 0 amide bonds. The third kappa shape index (κ3) is 2.68. The Morgan fingerprint density at radius 1 is 1.50 bits per heavy atom. The lowest BCUT2D eigenvalue weighted by molar-refractivity contribution is 0.0606. The molecule has 4 nitrogen and oxygen atoms in total. The van der Waals surface area contributed by atoms with Crippen LogP contribution in [0.25, 0.3) is 10.6 Å². The molecule has 0 fully saturated rings. The number of esters is 1. The zero-order valence-corrected chi connectivity index (χ0v) is 11.1. The molecule has 2 rings (SSSR count). The number of hydrogen-bond acceptors (Lipinski definition) is 4. The normalized spacial score (nSPS) is 11.0.